The predicted molar refractivity (Wildman–Crippen MR) is 96.2 cm³/mol. The molecule has 0 saturated heterocycles. The normalized spacial score (nSPS) is 20.5. The Morgan fingerprint density at radius 3 is 2.88 bits per heavy atom. The van der Waals surface area contributed by atoms with Gasteiger partial charge in [0.25, 0.3) is 0 Å². The molecule has 0 aliphatic heterocycles. The fraction of sp³-hybridized carbons (Fsp3) is 0.562. The van der Waals surface area contributed by atoms with Gasteiger partial charge in [-0.1, -0.05) is 12.5 Å². The molecular formula is C16H23N5O4S. The van der Waals surface area contributed by atoms with Gasteiger partial charge in [0.15, 0.2) is 5.65 Å². The molecule has 2 N–H and O–H groups in total. The van der Waals surface area contributed by atoms with Gasteiger partial charge in [-0.15, -0.1) is 5.10 Å². The van der Waals surface area contributed by atoms with E-state index in [1.165, 1.54) is 9.08 Å². The highest BCUT2D eigenvalue weighted by molar-refractivity contribution is 7.88. The molecule has 10 heteroatoms. The SMILES string of the molecule is CS(=O)(=O)N[C@@H]1CCC[C@H]1CNC(=O)CCn1nc2ccccn2c1=O. The van der Waals surface area contributed by atoms with Crippen molar-refractivity contribution in [2.24, 2.45) is 5.92 Å². The maximum absolute atomic E-state index is 12.2. The molecule has 2 aromatic rings. The maximum atomic E-state index is 12.2. The monoisotopic (exact) mass is 381 g/mol. The van der Waals surface area contributed by atoms with Crippen molar-refractivity contribution in [3.63, 3.8) is 0 Å². The molecule has 0 unspecified atom stereocenters. The Morgan fingerprint density at radius 2 is 2.15 bits per heavy atom. The topological polar surface area (TPSA) is 115 Å². The molecule has 1 aliphatic carbocycles. The van der Waals surface area contributed by atoms with Crippen molar-refractivity contribution in [3.8, 4) is 0 Å². The summed E-state index contributed by atoms with van der Waals surface area (Å²) in [6.45, 7) is 0.619. The third kappa shape index (κ3) is 4.50. The first kappa shape index (κ1) is 18.6. The van der Waals surface area contributed by atoms with E-state index in [0.29, 0.717) is 12.2 Å². The second kappa shape index (κ2) is 7.58. The van der Waals surface area contributed by atoms with Gasteiger partial charge < -0.3 is 5.32 Å². The van der Waals surface area contributed by atoms with Gasteiger partial charge in [-0.25, -0.2) is 22.6 Å². The van der Waals surface area contributed by atoms with Crippen LogP contribution in [-0.2, 0) is 21.4 Å². The third-order valence-electron chi connectivity index (χ3n) is 4.63. The summed E-state index contributed by atoms with van der Waals surface area (Å²) in [5.41, 5.74) is 0.264. The van der Waals surface area contributed by atoms with Crippen molar-refractivity contribution in [2.75, 3.05) is 12.8 Å². The lowest BCUT2D eigenvalue weighted by molar-refractivity contribution is -0.121. The molecule has 1 saturated carbocycles. The zero-order valence-electron chi connectivity index (χ0n) is 14.6. The molecule has 142 valence electrons. The predicted octanol–water partition coefficient (Wildman–Crippen LogP) is -0.280. The Balaban J connectivity index is 1.51. The number of pyridine rings is 1. The Bertz CT molecular complexity index is 949. The average molecular weight is 381 g/mol. The fourth-order valence-electron chi connectivity index (χ4n) is 3.37. The lowest BCUT2D eigenvalue weighted by atomic mass is 10.0. The van der Waals surface area contributed by atoms with E-state index >= 15 is 0 Å². The van der Waals surface area contributed by atoms with Crippen LogP contribution in [0.3, 0.4) is 0 Å². The van der Waals surface area contributed by atoms with E-state index in [1.807, 2.05) is 0 Å². The van der Waals surface area contributed by atoms with Crippen LogP contribution in [0, 0.1) is 5.92 Å². The van der Waals surface area contributed by atoms with Crippen molar-refractivity contribution in [2.45, 2.75) is 38.3 Å². The lowest BCUT2D eigenvalue weighted by Gasteiger charge is -2.20. The van der Waals surface area contributed by atoms with Gasteiger partial charge in [0.1, 0.15) is 0 Å². The molecule has 3 rings (SSSR count). The number of carbonyl (C=O) groups is 1. The molecule has 2 atom stereocenters. The minimum atomic E-state index is -3.25. The van der Waals surface area contributed by atoms with E-state index in [4.69, 9.17) is 0 Å². The summed E-state index contributed by atoms with van der Waals surface area (Å²) in [4.78, 5) is 24.2. The quantitative estimate of drug-likeness (QED) is 0.685. The smallest absolute Gasteiger partial charge is 0.350 e. The van der Waals surface area contributed by atoms with Crippen LogP contribution in [0.15, 0.2) is 29.2 Å². The highest BCUT2D eigenvalue weighted by atomic mass is 32.2. The number of nitrogens with one attached hydrogen (secondary N) is 2. The summed E-state index contributed by atoms with van der Waals surface area (Å²) in [6, 6.07) is 5.13. The van der Waals surface area contributed by atoms with Gasteiger partial charge in [0.2, 0.25) is 15.9 Å². The molecule has 0 spiro atoms. The molecule has 2 aromatic heterocycles. The van der Waals surface area contributed by atoms with Gasteiger partial charge in [0, 0.05) is 25.2 Å². The molecule has 1 aliphatic rings. The summed E-state index contributed by atoms with van der Waals surface area (Å²) in [5.74, 6) is -0.0921. The van der Waals surface area contributed by atoms with Crippen LogP contribution >= 0.6 is 0 Å². The minimum absolute atomic E-state index is 0.0894. The number of nitrogens with zero attached hydrogens (tertiary/aromatic N) is 3. The number of aromatic nitrogens is 3. The Hall–Kier alpha value is -2.20. The largest absolute Gasteiger partial charge is 0.356 e. The van der Waals surface area contributed by atoms with E-state index in [0.717, 1.165) is 25.5 Å². The Kier molecular flexibility index (Phi) is 5.42. The van der Waals surface area contributed by atoms with Crippen LogP contribution in [0.2, 0.25) is 0 Å². The number of amides is 1. The molecule has 26 heavy (non-hydrogen) atoms. The highest BCUT2D eigenvalue weighted by Crippen LogP contribution is 2.25. The van der Waals surface area contributed by atoms with Crippen molar-refractivity contribution in [1.29, 1.82) is 0 Å². The molecule has 1 fully saturated rings. The van der Waals surface area contributed by atoms with Crippen molar-refractivity contribution in [3.05, 3.63) is 34.9 Å². The zero-order valence-corrected chi connectivity index (χ0v) is 15.4. The van der Waals surface area contributed by atoms with Crippen molar-refractivity contribution < 1.29 is 13.2 Å². The number of hydrogen-bond acceptors (Lipinski definition) is 5. The molecular weight excluding hydrogens is 358 g/mol. The molecule has 2 heterocycles. The zero-order chi connectivity index (χ0) is 18.7. The van der Waals surface area contributed by atoms with Crippen molar-refractivity contribution in [1.82, 2.24) is 24.2 Å². The molecule has 9 nitrogen and oxygen atoms in total. The Labute approximate surface area is 151 Å². The van der Waals surface area contributed by atoms with Gasteiger partial charge in [-0.05, 0) is 30.9 Å². The van der Waals surface area contributed by atoms with E-state index in [2.05, 4.69) is 15.1 Å². The van der Waals surface area contributed by atoms with E-state index in [-0.39, 0.29) is 36.5 Å². The molecule has 0 radical (unpaired) electrons. The van der Waals surface area contributed by atoms with Gasteiger partial charge in [0.05, 0.1) is 12.8 Å². The second-order valence-electron chi connectivity index (χ2n) is 6.68. The first-order chi connectivity index (χ1) is 12.3. The molecule has 0 aromatic carbocycles. The third-order valence-corrected chi connectivity index (χ3v) is 5.36. The maximum Gasteiger partial charge on any atom is 0.350 e. The highest BCUT2D eigenvalue weighted by Gasteiger charge is 2.29. The van der Waals surface area contributed by atoms with Gasteiger partial charge >= 0.3 is 5.69 Å². The van der Waals surface area contributed by atoms with Crippen molar-refractivity contribution >= 4 is 21.6 Å². The summed E-state index contributed by atoms with van der Waals surface area (Å²) >= 11 is 0. The van der Waals surface area contributed by atoms with Gasteiger partial charge in [-0.2, -0.15) is 0 Å². The number of sulfonamides is 1. The number of rotatable bonds is 7. The van der Waals surface area contributed by atoms with Crippen LogP contribution in [0.5, 0.6) is 0 Å². The van der Waals surface area contributed by atoms with E-state index < -0.39 is 10.0 Å². The van der Waals surface area contributed by atoms with E-state index in [9.17, 15) is 18.0 Å². The van der Waals surface area contributed by atoms with Crippen LogP contribution in [0.1, 0.15) is 25.7 Å². The fourth-order valence-corrected chi connectivity index (χ4v) is 4.23. The Morgan fingerprint density at radius 1 is 1.35 bits per heavy atom. The van der Waals surface area contributed by atoms with Crippen LogP contribution < -0.4 is 15.7 Å². The summed E-state index contributed by atoms with van der Waals surface area (Å²) in [7, 11) is -3.25. The summed E-state index contributed by atoms with van der Waals surface area (Å²) < 4.78 is 28.1. The van der Waals surface area contributed by atoms with Gasteiger partial charge in [-0.3, -0.25) is 9.20 Å². The number of carbonyl (C=O) groups excluding carboxylic acids is 1. The minimum Gasteiger partial charge on any atom is -0.356 e. The lowest BCUT2D eigenvalue weighted by Crippen LogP contribution is -2.41. The average Bonchev–Trinajstić information content (AvgIpc) is 3.14. The number of hydrogen-bond donors (Lipinski definition) is 2. The first-order valence-corrected chi connectivity index (χ1v) is 10.5. The molecule has 0 bridgehead atoms. The summed E-state index contributed by atoms with van der Waals surface area (Å²) in [5, 5.41) is 7.02. The summed E-state index contributed by atoms with van der Waals surface area (Å²) in [6.07, 6.45) is 5.51. The van der Waals surface area contributed by atoms with Crippen LogP contribution in [0.4, 0.5) is 0 Å². The standard InChI is InChI=1S/C16H23N5O4S/c1-26(24,25)19-13-6-4-5-12(13)11-17-15(22)8-10-21-16(23)20-9-3-2-7-14(20)18-21/h2-3,7,9,12-13,19H,4-6,8,10-11H2,1H3,(H,17,22)/t12-,13+/m0/s1. The molecule has 1 amide bonds. The number of aryl methyl sites for hydroxylation is 1. The van der Waals surface area contributed by atoms with Crippen LogP contribution in [0.25, 0.3) is 5.65 Å². The second-order valence-corrected chi connectivity index (χ2v) is 8.46. The number of fused-ring (bicyclic) bond motifs is 1. The van der Waals surface area contributed by atoms with Crippen LogP contribution in [-0.4, -0.2) is 47.3 Å². The first-order valence-electron chi connectivity index (χ1n) is 8.62. The van der Waals surface area contributed by atoms with E-state index in [1.54, 1.807) is 24.4 Å².